The summed E-state index contributed by atoms with van der Waals surface area (Å²) in [6.07, 6.45) is 0. The number of benzene rings is 2. The summed E-state index contributed by atoms with van der Waals surface area (Å²) in [7, 11) is 4.67. The standard InChI is InChI=1S/C20H22N6O4/c1-25(2)18(27)13-7-8-17-16(12-13)23-24-26(17)10-9-21-20(29)22-15-6-4-5-14(11-15)19(28)30-3/h4-8,11-12H,9-10H2,1-3H3,(H2,21,22,29). The van der Waals surface area contributed by atoms with Gasteiger partial charge in [0.15, 0.2) is 0 Å². The molecule has 3 amide bonds. The minimum atomic E-state index is -0.479. The molecule has 2 aromatic carbocycles. The van der Waals surface area contributed by atoms with Gasteiger partial charge in [0.25, 0.3) is 5.91 Å². The number of methoxy groups -OCH3 is 1. The molecular weight excluding hydrogens is 388 g/mol. The van der Waals surface area contributed by atoms with E-state index in [2.05, 4.69) is 25.7 Å². The molecule has 0 radical (unpaired) electrons. The summed E-state index contributed by atoms with van der Waals surface area (Å²) in [5.74, 6) is -0.589. The van der Waals surface area contributed by atoms with Crippen LogP contribution in [0.25, 0.3) is 11.0 Å². The second kappa shape index (κ2) is 9.03. The molecule has 0 fully saturated rings. The smallest absolute Gasteiger partial charge is 0.337 e. The van der Waals surface area contributed by atoms with Crippen molar-refractivity contribution in [2.75, 3.05) is 33.1 Å². The zero-order valence-electron chi connectivity index (χ0n) is 16.9. The number of urea groups is 1. The van der Waals surface area contributed by atoms with Crippen LogP contribution in [0.5, 0.6) is 0 Å². The first-order valence-electron chi connectivity index (χ1n) is 9.17. The van der Waals surface area contributed by atoms with Crippen LogP contribution in [-0.2, 0) is 11.3 Å². The topological polar surface area (TPSA) is 118 Å². The van der Waals surface area contributed by atoms with Gasteiger partial charge in [0.1, 0.15) is 5.52 Å². The number of rotatable bonds is 6. The number of nitrogens with one attached hydrogen (secondary N) is 2. The van der Waals surface area contributed by atoms with E-state index >= 15 is 0 Å². The quantitative estimate of drug-likeness (QED) is 0.598. The third-order valence-electron chi connectivity index (χ3n) is 4.32. The van der Waals surface area contributed by atoms with E-state index in [1.165, 1.54) is 18.1 Å². The maximum atomic E-state index is 12.1. The minimum absolute atomic E-state index is 0.110. The van der Waals surface area contributed by atoms with Crippen molar-refractivity contribution in [2.24, 2.45) is 0 Å². The summed E-state index contributed by atoms with van der Waals surface area (Å²) in [4.78, 5) is 37.2. The Morgan fingerprint density at radius 1 is 1.10 bits per heavy atom. The van der Waals surface area contributed by atoms with Crippen molar-refractivity contribution in [3.8, 4) is 0 Å². The molecule has 0 atom stereocenters. The van der Waals surface area contributed by atoms with Crippen LogP contribution in [0.4, 0.5) is 10.5 Å². The molecule has 3 aromatic rings. The number of ether oxygens (including phenoxy) is 1. The lowest BCUT2D eigenvalue weighted by atomic mass is 10.2. The SMILES string of the molecule is COC(=O)c1cccc(NC(=O)NCCn2nnc3cc(C(=O)N(C)C)ccc32)c1. The van der Waals surface area contributed by atoms with Crippen molar-refractivity contribution < 1.29 is 19.1 Å². The Kier molecular flexibility index (Phi) is 6.26. The van der Waals surface area contributed by atoms with E-state index in [0.29, 0.717) is 35.4 Å². The second-order valence-electron chi connectivity index (χ2n) is 6.67. The number of anilines is 1. The Balaban J connectivity index is 1.57. The van der Waals surface area contributed by atoms with E-state index in [-0.39, 0.29) is 5.91 Å². The van der Waals surface area contributed by atoms with Gasteiger partial charge in [0, 0.05) is 31.9 Å². The van der Waals surface area contributed by atoms with Crippen molar-refractivity contribution in [3.63, 3.8) is 0 Å². The van der Waals surface area contributed by atoms with Crippen molar-refractivity contribution >= 4 is 34.6 Å². The van der Waals surface area contributed by atoms with Crippen molar-refractivity contribution in [1.29, 1.82) is 0 Å². The Bertz CT molecular complexity index is 1090. The third kappa shape index (κ3) is 4.72. The highest BCUT2D eigenvalue weighted by atomic mass is 16.5. The average molecular weight is 410 g/mol. The van der Waals surface area contributed by atoms with Gasteiger partial charge in [-0.25, -0.2) is 14.3 Å². The lowest BCUT2D eigenvalue weighted by Gasteiger charge is -2.10. The number of aromatic nitrogens is 3. The van der Waals surface area contributed by atoms with Crippen molar-refractivity contribution in [1.82, 2.24) is 25.2 Å². The molecule has 0 unspecified atom stereocenters. The molecule has 156 valence electrons. The number of carbonyl (C=O) groups excluding carboxylic acids is 3. The maximum Gasteiger partial charge on any atom is 0.337 e. The van der Waals surface area contributed by atoms with Gasteiger partial charge >= 0.3 is 12.0 Å². The summed E-state index contributed by atoms with van der Waals surface area (Å²) in [5, 5.41) is 13.6. The molecule has 0 spiro atoms. The lowest BCUT2D eigenvalue weighted by molar-refractivity contribution is 0.0600. The first-order chi connectivity index (χ1) is 14.4. The molecule has 1 aromatic heterocycles. The van der Waals surface area contributed by atoms with Crippen LogP contribution in [-0.4, -0.2) is 65.6 Å². The predicted molar refractivity (Wildman–Crippen MR) is 110 cm³/mol. The van der Waals surface area contributed by atoms with Gasteiger partial charge in [-0.3, -0.25) is 4.79 Å². The summed E-state index contributed by atoms with van der Waals surface area (Å²) in [6, 6.07) is 11.2. The molecule has 0 saturated heterocycles. The number of hydrogen-bond donors (Lipinski definition) is 2. The fourth-order valence-corrected chi connectivity index (χ4v) is 2.82. The number of carbonyl (C=O) groups is 3. The molecule has 0 aliphatic heterocycles. The van der Waals surface area contributed by atoms with Gasteiger partial charge in [-0.05, 0) is 36.4 Å². The Labute approximate surface area is 172 Å². The van der Waals surface area contributed by atoms with Gasteiger partial charge in [0.2, 0.25) is 0 Å². The number of fused-ring (bicyclic) bond motifs is 1. The van der Waals surface area contributed by atoms with Crippen LogP contribution >= 0.6 is 0 Å². The first-order valence-corrected chi connectivity index (χ1v) is 9.17. The van der Waals surface area contributed by atoms with Gasteiger partial charge in [-0.1, -0.05) is 11.3 Å². The van der Waals surface area contributed by atoms with Gasteiger partial charge in [-0.2, -0.15) is 0 Å². The zero-order valence-corrected chi connectivity index (χ0v) is 16.9. The fourth-order valence-electron chi connectivity index (χ4n) is 2.82. The van der Waals surface area contributed by atoms with E-state index in [1.54, 1.807) is 55.2 Å². The normalized spacial score (nSPS) is 10.5. The molecule has 10 nitrogen and oxygen atoms in total. The third-order valence-corrected chi connectivity index (χ3v) is 4.32. The second-order valence-corrected chi connectivity index (χ2v) is 6.67. The van der Waals surface area contributed by atoms with Crippen LogP contribution in [0.3, 0.4) is 0 Å². The molecule has 3 rings (SSSR count). The van der Waals surface area contributed by atoms with Gasteiger partial charge in [-0.15, -0.1) is 5.10 Å². The summed E-state index contributed by atoms with van der Waals surface area (Å²) in [6.45, 7) is 0.701. The van der Waals surface area contributed by atoms with Crippen molar-refractivity contribution in [3.05, 3.63) is 53.6 Å². The van der Waals surface area contributed by atoms with Crippen LogP contribution < -0.4 is 10.6 Å². The zero-order chi connectivity index (χ0) is 21.7. The summed E-state index contributed by atoms with van der Waals surface area (Å²) in [5.41, 5.74) is 2.72. The van der Waals surface area contributed by atoms with E-state index < -0.39 is 12.0 Å². The van der Waals surface area contributed by atoms with Crippen LogP contribution in [0.1, 0.15) is 20.7 Å². The van der Waals surface area contributed by atoms with E-state index in [0.717, 1.165) is 5.52 Å². The molecule has 30 heavy (non-hydrogen) atoms. The Hall–Kier alpha value is -3.95. The van der Waals surface area contributed by atoms with Crippen LogP contribution in [0.15, 0.2) is 42.5 Å². The van der Waals surface area contributed by atoms with Gasteiger partial charge < -0.3 is 20.3 Å². The Morgan fingerprint density at radius 3 is 2.63 bits per heavy atom. The highest BCUT2D eigenvalue weighted by Crippen LogP contribution is 2.14. The van der Waals surface area contributed by atoms with E-state index in [9.17, 15) is 14.4 Å². The molecule has 1 heterocycles. The fraction of sp³-hybridized carbons (Fsp3) is 0.250. The monoisotopic (exact) mass is 410 g/mol. The molecule has 0 aliphatic carbocycles. The average Bonchev–Trinajstić information content (AvgIpc) is 3.14. The maximum absolute atomic E-state index is 12.1. The number of hydrogen-bond acceptors (Lipinski definition) is 6. The van der Waals surface area contributed by atoms with Gasteiger partial charge in [0.05, 0.1) is 24.7 Å². The highest BCUT2D eigenvalue weighted by molar-refractivity contribution is 5.97. The molecule has 10 heteroatoms. The lowest BCUT2D eigenvalue weighted by Crippen LogP contribution is -2.31. The minimum Gasteiger partial charge on any atom is -0.465 e. The van der Waals surface area contributed by atoms with E-state index in [4.69, 9.17) is 0 Å². The van der Waals surface area contributed by atoms with Crippen LogP contribution in [0, 0.1) is 0 Å². The summed E-state index contributed by atoms with van der Waals surface area (Å²) >= 11 is 0. The molecule has 0 aliphatic rings. The molecule has 0 saturated carbocycles. The number of esters is 1. The molecule has 0 bridgehead atoms. The number of nitrogens with zero attached hydrogens (tertiary/aromatic N) is 4. The number of amides is 3. The van der Waals surface area contributed by atoms with E-state index in [1.807, 2.05) is 0 Å². The molecular formula is C20H22N6O4. The largest absolute Gasteiger partial charge is 0.465 e. The van der Waals surface area contributed by atoms with Crippen LogP contribution in [0.2, 0.25) is 0 Å². The van der Waals surface area contributed by atoms with Crippen molar-refractivity contribution in [2.45, 2.75) is 6.54 Å². The summed E-state index contributed by atoms with van der Waals surface area (Å²) < 4.78 is 6.32. The predicted octanol–water partition coefficient (Wildman–Crippen LogP) is 1.74. The highest BCUT2D eigenvalue weighted by Gasteiger charge is 2.12. The first kappa shape index (κ1) is 20.8. The Morgan fingerprint density at radius 2 is 1.90 bits per heavy atom. The molecule has 2 N–H and O–H groups in total.